The topological polar surface area (TPSA) is 38.0 Å². The van der Waals surface area contributed by atoms with E-state index in [2.05, 4.69) is 5.84 Å². The molecule has 0 amide bonds. The number of nitrogens with one attached hydrogen (secondary N) is 1. The van der Waals surface area contributed by atoms with Crippen molar-refractivity contribution in [3.8, 4) is 0 Å². The number of rotatable bonds is 2. The molecule has 0 aromatic carbocycles. The highest BCUT2D eigenvalue weighted by molar-refractivity contribution is 4.62. The second-order valence-corrected chi connectivity index (χ2v) is 1.85. The minimum atomic E-state index is -4.13. The van der Waals surface area contributed by atoms with E-state index in [1.165, 1.54) is 0 Å². The van der Waals surface area contributed by atoms with Gasteiger partial charge in [-0.1, -0.05) is 6.92 Å². The summed E-state index contributed by atoms with van der Waals surface area (Å²) in [5.74, 6) is 3.30. The van der Waals surface area contributed by atoms with E-state index in [1.807, 2.05) is 5.43 Å². The molecule has 1 atom stereocenters. The van der Waals surface area contributed by atoms with E-state index in [0.29, 0.717) is 0 Å². The molecule has 0 aromatic rings. The third kappa shape index (κ3) is 3.31. The molecule has 0 spiro atoms. The molecule has 2 nitrogen and oxygen atoms in total. The van der Waals surface area contributed by atoms with Gasteiger partial charge in [-0.3, -0.25) is 11.3 Å². The fraction of sp³-hybridized carbons (Fsp3) is 1.00. The number of alkyl halides is 3. The van der Waals surface area contributed by atoms with Gasteiger partial charge < -0.3 is 0 Å². The average Bonchev–Trinajstić information content (AvgIpc) is 1.64. The summed E-state index contributed by atoms with van der Waals surface area (Å²) < 4.78 is 34.6. The van der Waals surface area contributed by atoms with Crippen molar-refractivity contribution in [2.45, 2.75) is 13.1 Å². The SMILES string of the molecule is CC(CNN)C(F)(F)F. The van der Waals surface area contributed by atoms with Crippen molar-refractivity contribution < 1.29 is 13.2 Å². The normalized spacial score (nSPS) is 15.7. The van der Waals surface area contributed by atoms with E-state index in [9.17, 15) is 13.2 Å². The van der Waals surface area contributed by atoms with Crippen LogP contribution in [0.25, 0.3) is 0 Å². The molecule has 3 N–H and O–H groups in total. The Morgan fingerprint density at radius 3 is 2.11 bits per heavy atom. The Balaban J connectivity index is 3.59. The first-order valence-corrected chi connectivity index (χ1v) is 2.48. The minimum Gasteiger partial charge on any atom is -0.271 e. The summed E-state index contributed by atoms with van der Waals surface area (Å²) in [7, 11) is 0. The van der Waals surface area contributed by atoms with Crippen LogP contribution in [-0.2, 0) is 0 Å². The first-order chi connectivity index (χ1) is 3.98. The summed E-state index contributed by atoms with van der Waals surface area (Å²) >= 11 is 0. The van der Waals surface area contributed by atoms with E-state index >= 15 is 0 Å². The van der Waals surface area contributed by atoms with Crippen LogP contribution in [0.4, 0.5) is 13.2 Å². The Kier molecular flexibility index (Phi) is 2.93. The first-order valence-electron chi connectivity index (χ1n) is 2.48. The van der Waals surface area contributed by atoms with Gasteiger partial charge in [0.25, 0.3) is 0 Å². The molecule has 1 unspecified atom stereocenters. The van der Waals surface area contributed by atoms with Crippen molar-refractivity contribution in [2.75, 3.05) is 6.54 Å². The minimum absolute atomic E-state index is 0.233. The number of nitrogens with two attached hydrogens (primary N) is 1. The van der Waals surface area contributed by atoms with Gasteiger partial charge >= 0.3 is 6.18 Å². The largest absolute Gasteiger partial charge is 0.392 e. The maximum atomic E-state index is 11.5. The van der Waals surface area contributed by atoms with Crippen molar-refractivity contribution in [3.05, 3.63) is 0 Å². The van der Waals surface area contributed by atoms with Gasteiger partial charge in [0.2, 0.25) is 0 Å². The van der Waals surface area contributed by atoms with Crippen LogP contribution in [0, 0.1) is 5.92 Å². The zero-order valence-corrected chi connectivity index (χ0v) is 5.00. The standard InChI is InChI=1S/C4H9F3N2/c1-3(2-9-8)4(5,6)7/h3,9H,2,8H2,1H3. The number of hydrogen-bond acceptors (Lipinski definition) is 2. The molecule has 0 fully saturated rings. The van der Waals surface area contributed by atoms with E-state index in [-0.39, 0.29) is 6.54 Å². The maximum Gasteiger partial charge on any atom is 0.392 e. The lowest BCUT2D eigenvalue weighted by atomic mass is 10.2. The van der Waals surface area contributed by atoms with Gasteiger partial charge in [-0.05, 0) is 0 Å². The molecule has 56 valence electrons. The molecular weight excluding hydrogens is 133 g/mol. The van der Waals surface area contributed by atoms with Crippen molar-refractivity contribution in [1.82, 2.24) is 5.43 Å². The third-order valence-electron chi connectivity index (χ3n) is 0.983. The van der Waals surface area contributed by atoms with Gasteiger partial charge in [0.1, 0.15) is 0 Å². The Labute approximate surface area is 51.2 Å². The van der Waals surface area contributed by atoms with E-state index in [0.717, 1.165) is 6.92 Å². The molecule has 0 aromatic heterocycles. The van der Waals surface area contributed by atoms with Crippen LogP contribution in [0.1, 0.15) is 6.92 Å². The highest BCUT2D eigenvalue weighted by Crippen LogP contribution is 2.24. The van der Waals surface area contributed by atoms with E-state index in [4.69, 9.17) is 0 Å². The second kappa shape index (κ2) is 3.03. The summed E-state index contributed by atoms with van der Waals surface area (Å²) in [5.41, 5.74) is 1.95. The first kappa shape index (κ1) is 8.71. The van der Waals surface area contributed by atoms with E-state index in [1.54, 1.807) is 0 Å². The van der Waals surface area contributed by atoms with Crippen LogP contribution in [0.3, 0.4) is 0 Å². The van der Waals surface area contributed by atoms with Crippen molar-refractivity contribution in [1.29, 1.82) is 0 Å². The van der Waals surface area contributed by atoms with Gasteiger partial charge in [0.05, 0.1) is 5.92 Å². The molecule has 0 rings (SSSR count). The van der Waals surface area contributed by atoms with Crippen LogP contribution in [-0.4, -0.2) is 12.7 Å². The van der Waals surface area contributed by atoms with E-state index < -0.39 is 12.1 Å². The highest BCUT2D eigenvalue weighted by atomic mass is 19.4. The predicted octanol–water partition coefficient (Wildman–Crippen LogP) is 0.648. The lowest BCUT2D eigenvalue weighted by Gasteiger charge is -2.13. The zero-order chi connectivity index (χ0) is 7.49. The van der Waals surface area contributed by atoms with Crippen molar-refractivity contribution >= 4 is 0 Å². The predicted molar refractivity (Wildman–Crippen MR) is 27.4 cm³/mol. The van der Waals surface area contributed by atoms with Crippen LogP contribution in [0.5, 0.6) is 0 Å². The summed E-state index contributed by atoms with van der Waals surface area (Å²) in [6.45, 7) is 0.837. The Morgan fingerprint density at radius 1 is 1.56 bits per heavy atom. The average molecular weight is 142 g/mol. The van der Waals surface area contributed by atoms with Crippen LogP contribution in [0.2, 0.25) is 0 Å². The van der Waals surface area contributed by atoms with Gasteiger partial charge in [-0.2, -0.15) is 13.2 Å². The summed E-state index contributed by atoms with van der Waals surface area (Å²) in [6.07, 6.45) is -4.13. The Hall–Kier alpha value is -0.290. The highest BCUT2D eigenvalue weighted by Gasteiger charge is 2.35. The van der Waals surface area contributed by atoms with Gasteiger partial charge in [0.15, 0.2) is 0 Å². The molecular formula is C4H9F3N2. The quantitative estimate of drug-likeness (QED) is 0.438. The molecule has 0 radical (unpaired) electrons. The molecule has 9 heavy (non-hydrogen) atoms. The third-order valence-corrected chi connectivity index (χ3v) is 0.983. The smallest absolute Gasteiger partial charge is 0.271 e. The fourth-order valence-electron chi connectivity index (χ4n) is 0.293. The maximum absolute atomic E-state index is 11.5. The molecule has 5 heteroatoms. The Morgan fingerprint density at radius 2 is 2.00 bits per heavy atom. The monoisotopic (exact) mass is 142 g/mol. The van der Waals surface area contributed by atoms with Crippen molar-refractivity contribution in [3.63, 3.8) is 0 Å². The van der Waals surface area contributed by atoms with Gasteiger partial charge in [0, 0.05) is 6.54 Å². The van der Waals surface area contributed by atoms with Crippen LogP contribution >= 0.6 is 0 Å². The second-order valence-electron chi connectivity index (χ2n) is 1.85. The lowest BCUT2D eigenvalue weighted by Crippen LogP contribution is -2.34. The summed E-state index contributed by atoms with van der Waals surface area (Å²) in [5, 5.41) is 0. The molecule has 0 saturated heterocycles. The molecule has 0 aliphatic rings. The molecule has 0 aliphatic carbocycles. The summed E-state index contributed by atoms with van der Waals surface area (Å²) in [6, 6.07) is 0. The lowest BCUT2D eigenvalue weighted by molar-refractivity contribution is -0.168. The van der Waals surface area contributed by atoms with Gasteiger partial charge in [-0.25, -0.2) is 0 Å². The molecule has 0 saturated carbocycles. The van der Waals surface area contributed by atoms with Crippen molar-refractivity contribution in [2.24, 2.45) is 11.8 Å². The Bertz CT molecular complexity index is 80.4. The van der Waals surface area contributed by atoms with Crippen LogP contribution in [0.15, 0.2) is 0 Å². The number of hydrogen-bond donors (Lipinski definition) is 2. The fourth-order valence-corrected chi connectivity index (χ4v) is 0.293. The van der Waals surface area contributed by atoms with Crippen LogP contribution < -0.4 is 11.3 Å². The molecule has 0 aliphatic heterocycles. The molecule has 0 heterocycles. The zero-order valence-electron chi connectivity index (χ0n) is 5.00. The summed E-state index contributed by atoms with van der Waals surface area (Å²) in [4.78, 5) is 0. The number of halogens is 3. The van der Waals surface area contributed by atoms with Gasteiger partial charge in [-0.15, -0.1) is 0 Å². The molecule has 0 bridgehead atoms. The number of hydrazine groups is 1.